The number of benzene rings is 1. The van der Waals surface area contributed by atoms with Crippen LogP contribution in [0, 0.1) is 0 Å². The predicted octanol–water partition coefficient (Wildman–Crippen LogP) is 3.73. The molecule has 1 aromatic heterocycles. The van der Waals surface area contributed by atoms with Crippen LogP contribution in [0.2, 0.25) is 0 Å². The lowest BCUT2D eigenvalue weighted by Crippen LogP contribution is -2.15. The van der Waals surface area contributed by atoms with Crippen molar-refractivity contribution in [3.63, 3.8) is 0 Å². The van der Waals surface area contributed by atoms with Crippen molar-refractivity contribution in [2.45, 2.75) is 38.5 Å². The number of alkyl halides is 3. The Kier molecular flexibility index (Phi) is 4.37. The van der Waals surface area contributed by atoms with Gasteiger partial charge in [0.25, 0.3) is 0 Å². The van der Waals surface area contributed by atoms with Gasteiger partial charge in [0, 0.05) is 24.7 Å². The van der Waals surface area contributed by atoms with Crippen molar-refractivity contribution in [3.8, 4) is 0 Å². The average molecular weight is 297 g/mol. The van der Waals surface area contributed by atoms with Crippen molar-refractivity contribution in [2.24, 2.45) is 5.73 Å². The van der Waals surface area contributed by atoms with Gasteiger partial charge in [0.05, 0.1) is 11.3 Å². The first-order valence-electron chi connectivity index (χ1n) is 6.74. The lowest BCUT2D eigenvalue weighted by molar-refractivity contribution is -0.137. The molecule has 0 spiro atoms. The van der Waals surface area contributed by atoms with Gasteiger partial charge in [-0.1, -0.05) is 12.1 Å². The lowest BCUT2D eigenvalue weighted by atomic mass is 10.0. The maximum absolute atomic E-state index is 12.7. The van der Waals surface area contributed by atoms with Crippen molar-refractivity contribution in [2.75, 3.05) is 0 Å². The molecule has 1 atom stereocenters. The molecule has 0 aliphatic carbocycles. The Labute approximate surface area is 121 Å². The van der Waals surface area contributed by atoms with E-state index >= 15 is 0 Å². The molecule has 6 heteroatoms. The third kappa shape index (κ3) is 3.85. The first-order valence-corrected chi connectivity index (χ1v) is 6.74. The van der Waals surface area contributed by atoms with Gasteiger partial charge >= 0.3 is 6.18 Å². The Hall–Kier alpha value is -1.82. The number of hydrogen-bond acceptors (Lipinski definition) is 2. The Bertz CT molecular complexity index is 602. The zero-order chi connectivity index (χ0) is 15.6. The van der Waals surface area contributed by atoms with Crippen LogP contribution in [-0.2, 0) is 12.6 Å². The molecule has 0 saturated heterocycles. The first kappa shape index (κ1) is 15.6. The van der Waals surface area contributed by atoms with E-state index in [0.29, 0.717) is 12.0 Å². The summed E-state index contributed by atoms with van der Waals surface area (Å²) < 4.78 is 39.9. The van der Waals surface area contributed by atoms with Gasteiger partial charge in [-0.3, -0.25) is 4.68 Å². The van der Waals surface area contributed by atoms with Crippen molar-refractivity contribution < 1.29 is 13.2 Å². The molecular formula is C15H18F3N3. The predicted molar refractivity (Wildman–Crippen MR) is 74.7 cm³/mol. The summed E-state index contributed by atoms with van der Waals surface area (Å²) in [5.74, 6) is 0. The Morgan fingerprint density at radius 1 is 1.24 bits per heavy atom. The van der Waals surface area contributed by atoms with Gasteiger partial charge in [0.15, 0.2) is 0 Å². The van der Waals surface area contributed by atoms with Crippen LogP contribution in [0.5, 0.6) is 0 Å². The van der Waals surface area contributed by atoms with Gasteiger partial charge in [-0.2, -0.15) is 18.3 Å². The van der Waals surface area contributed by atoms with E-state index in [1.165, 1.54) is 6.07 Å². The lowest BCUT2D eigenvalue weighted by Gasteiger charge is -2.13. The minimum atomic E-state index is -4.35. The van der Waals surface area contributed by atoms with E-state index in [0.717, 1.165) is 17.8 Å². The molecule has 0 radical (unpaired) electrons. The fraction of sp³-hybridized carbons (Fsp3) is 0.400. The molecule has 0 saturated carbocycles. The molecule has 1 unspecified atom stereocenters. The molecule has 114 valence electrons. The molecule has 0 aliphatic heterocycles. The van der Waals surface area contributed by atoms with Crippen LogP contribution in [0.15, 0.2) is 36.5 Å². The SMILES string of the molecule is CC(C)n1ccc(CC(N)c2cccc(C(F)(F)F)c2)n1. The highest BCUT2D eigenvalue weighted by Crippen LogP contribution is 2.30. The number of nitrogens with zero attached hydrogens (tertiary/aromatic N) is 2. The van der Waals surface area contributed by atoms with Gasteiger partial charge in [-0.25, -0.2) is 0 Å². The summed E-state index contributed by atoms with van der Waals surface area (Å²) in [6, 6.07) is 6.71. The van der Waals surface area contributed by atoms with Crippen LogP contribution in [0.1, 0.15) is 42.8 Å². The molecule has 0 aliphatic rings. The van der Waals surface area contributed by atoms with Gasteiger partial charge in [0.1, 0.15) is 0 Å². The van der Waals surface area contributed by atoms with E-state index in [1.54, 1.807) is 10.7 Å². The molecule has 0 amide bonds. The molecule has 0 bridgehead atoms. The van der Waals surface area contributed by atoms with Crippen LogP contribution >= 0.6 is 0 Å². The van der Waals surface area contributed by atoms with Crippen LogP contribution in [0.4, 0.5) is 13.2 Å². The molecular weight excluding hydrogens is 279 g/mol. The number of rotatable bonds is 4. The van der Waals surface area contributed by atoms with E-state index in [1.807, 2.05) is 26.1 Å². The van der Waals surface area contributed by atoms with Crippen molar-refractivity contribution >= 4 is 0 Å². The third-order valence-electron chi connectivity index (χ3n) is 3.26. The highest BCUT2D eigenvalue weighted by molar-refractivity contribution is 5.28. The largest absolute Gasteiger partial charge is 0.416 e. The quantitative estimate of drug-likeness (QED) is 0.934. The smallest absolute Gasteiger partial charge is 0.324 e. The number of nitrogens with two attached hydrogens (primary N) is 1. The summed E-state index contributed by atoms with van der Waals surface area (Å²) in [4.78, 5) is 0. The molecule has 2 aromatic rings. The molecule has 0 fully saturated rings. The van der Waals surface area contributed by atoms with E-state index in [9.17, 15) is 13.2 Å². The van der Waals surface area contributed by atoms with Gasteiger partial charge in [-0.05, 0) is 37.6 Å². The third-order valence-corrected chi connectivity index (χ3v) is 3.26. The zero-order valence-corrected chi connectivity index (χ0v) is 11.9. The topological polar surface area (TPSA) is 43.8 Å². The van der Waals surface area contributed by atoms with E-state index in [4.69, 9.17) is 5.73 Å². The average Bonchev–Trinajstić information content (AvgIpc) is 2.86. The summed E-state index contributed by atoms with van der Waals surface area (Å²) >= 11 is 0. The molecule has 1 aromatic carbocycles. The van der Waals surface area contributed by atoms with Crippen molar-refractivity contribution in [1.82, 2.24) is 9.78 Å². The molecule has 1 heterocycles. The zero-order valence-electron chi connectivity index (χ0n) is 11.9. The van der Waals surface area contributed by atoms with Crippen LogP contribution < -0.4 is 5.73 Å². The standard InChI is InChI=1S/C15H18F3N3/c1-10(2)21-7-6-13(20-21)9-14(19)11-4-3-5-12(8-11)15(16,17)18/h3-8,10,14H,9,19H2,1-2H3. The van der Waals surface area contributed by atoms with Crippen LogP contribution in [0.3, 0.4) is 0 Å². The van der Waals surface area contributed by atoms with Crippen LogP contribution in [-0.4, -0.2) is 9.78 Å². The summed E-state index contributed by atoms with van der Waals surface area (Å²) in [5, 5.41) is 4.36. The number of aromatic nitrogens is 2. The van der Waals surface area contributed by atoms with Crippen molar-refractivity contribution in [1.29, 1.82) is 0 Å². The van der Waals surface area contributed by atoms with Gasteiger partial charge in [-0.15, -0.1) is 0 Å². The van der Waals surface area contributed by atoms with Crippen LogP contribution in [0.25, 0.3) is 0 Å². The Morgan fingerprint density at radius 3 is 2.52 bits per heavy atom. The summed E-state index contributed by atoms with van der Waals surface area (Å²) in [6.07, 6.45) is -2.10. The van der Waals surface area contributed by atoms with E-state index in [-0.39, 0.29) is 6.04 Å². The fourth-order valence-corrected chi connectivity index (χ4v) is 2.06. The Balaban J connectivity index is 2.14. The van der Waals surface area contributed by atoms with Gasteiger partial charge < -0.3 is 5.73 Å². The Morgan fingerprint density at radius 2 is 1.95 bits per heavy atom. The highest BCUT2D eigenvalue weighted by atomic mass is 19.4. The number of hydrogen-bond donors (Lipinski definition) is 1. The molecule has 21 heavy (non-hydrogen) atoms. The first-order chi connectivity index (χ1) is 9.77. The minimum Gasteiger partial charge on any atom is -0.324 e. The maximum atomic E-state index is 12.7. The molecule has 2 rings (SSSR count). The van der Waals surface area contributed by atoms with Gasteiger partial charge in [0.2, 0.25) is 0 Å². The second-order valence-electron chi connectivity index (χ2n) is 5.31. The fourth-order valence-electron chi connectivity index (χ4n) is 2.06. The second-order valence-corrected chi connectivity index (χ2v) is 5.31. The second kappa shape index (κ2) is 5.89. The maximum Gasteiger partial charge on any atom is 0.416 e. The summed E-state index contributed by atoms with van der Waals surface area (Å²) in [7, 11) is 0. The summed E-state index contributed by atoms with van der Waals surface area (Å²) in [6.45, 7) is 4.01. The minimum absolute atomic E-state index is 0.239. The van der Waals surface area contributed by atoms with E-state index in [2.05, 4.69) is 5.10 Å². The number of halogens is 3. The molecule has 2 N–H and O–H groups in total. The highest BCUT2D eigenvalue weighted by Gasteiger charge is 2.30. The summed E-state index contributed by atoms with van der Waals surface area (Å²) in [5.41, 5.74) is 6.56. The van der Waals surface area contributed by atoms with Crippen molar-refractivity contribution in [3.05, 3.63) is 53.3 Å². The normalized spacial score (nSPS) is 13.7. The molecule has 3 nitrogen and oxygen atoms in total. The van der Waals surface area contributed by atoms with E-state index < -0.39 is 17.8 Å². The monoisotopic (exact) mass is 297 g/mol.